The molecule has 0 aliphatic heterocycles. The largest absolute Gasteiger partial charge is 0.480 e. The van der Waals surface area contributed by atoms with Crippen LogP contribution in [0.25, 0.3) is 0 Å². The zero-order chi connectivity index (χ0) is 13.2. The van der Waals surface area contributed by atoms with E-state index < -0.39 is 12.0 Å². The molecule has 0 radical (unpaired) electrons. The normalized spacial score (nSPS) is 12.0. The molecule has 1 amide bonds. The van der Waals surface area contributed by atoms with Crippen molar-refractivity contribution in [1.29, 1.82) is 0 Å². The van der Waals surface area contributed by atoms with E-state index in [0.717, 1.165) is 8.04 Å². The number of halogens is 2. The summed E-state index contributed by atoms with van der Waals surface area (Å²) >= 11 is 5.34. The first-order valence-electron chi connectivity index (χ1n) is 4.79. The summed E-state index contributed by atoms with van der Waals surface area (Å²) < 4.78 is 1.58. The highest BCUT2D eigenvalue weighted by atomic mass is 127. The van der Waals surface area contributed by atoms with Crippen LogP contribution in [-0.4, -0.2) is 35.0 Å². The highest BCUT2D eigenvalue weighted by molar-refractivity contribution is 14.1. The summed E-state index contributed by atoms with van der Waals surface area (Å²) in [6.07, 6.45) is 0. The number of aliphatic carboxylic acids is 1. The summed E-state index contributed by atoms with van der Waals surface area (Å²) in [5, 5.41) is 8.87. The predicted octanol–water partition coefficient (Wildman–Crippen LogP) is 2.60. The lowest BCUT2D eigenvalue weighted by atomic mass is 10.2. The van der Waals surface area contributed by atoms with Crippen molar-refractivity contribution >= 4 is 50.4 Å². The third kappa shape index (κ3) is 3.41. The summed E-state index contributed by atoms with van der Waals surface area (Å²) in [6, 6.07) is 4.48. The molecule has 0 aliphatic rings. The van der Waals surface area contributed by atoms with Gasteiger partial charge in [-0.1, -0.05) is 15.9 Å². The summed E-state index contributed by atoms with van der Waals surface area (Å²) in [5.41, 5.74) is 0.496. The van der Waals surface area contributed by atoms with Gasteiger partial charge in [-0.2, -0.15) is 0 Å². The number of carbonyl (C=O) groups excluding carboxylic acids is 1. The van der Waals surface area contributed by atoms with Gasteiger partial charge in [-0.05, 0) is 47.7 Å². The molecule has 0 aromatic heterocycles. The summed E-state index contributed by atoms with van der Waals surface area (Å²) in [4.78, 5) is 24.1. The number of carboxylic acids is 1. The Morgan fingerprint density at radius 2 is 2.06 bits per heavy atom. The molecule has 1 aromatic rings. The Morgan fingerprint density at radius 1 is 1.47 bits per heavy atom. The second kappa shape index (κ2) is 5.81. The van der Waals surface area contributed by atoms with Crippen LogP contribution >= 0.6 is 38.5 Å². The van der Waals surface area contributed by atoms with E-state index in [1.165, 1.54) is 18.9 Å². The summed E-state index contributed by atoms with van der Waals surface area (Å²) in [7, 11) is 1.48. The Balaban J connectivity index is 3.04. The Labute approximate surface area is 121 Å². The Hall–Kier alpha value is -0.630. The van der Waals surface area contributed by atoms with Crippen molar-refractivity contribution in [2.45, 2.75) is 13.0 Å². The lowest BCUT2D eigenvalue weighted by Crippen LogP contribution is -2.40. The molecule has 0 saturated carbocycles. The lowest BCUT2D eigenvalue weighted by molar-refractivity contribution is -0.141. The van der Waals surface area contributed by atoms with Crippen LogP contribution in [0.2, 0.25) is 0 Å². The minimum absolute atomic E-state index is 0.300. The second-order valence-corrected chi connectivity index (χ2v) is 5.63. The van der Waals surface area contributed by atoms with Gasteiger partial charge in [0, 0.05) is 15.1 Å². The molecule has 0 aliphatic carbocycles. The number of rotatable bonds is 3. The van der Waals surface area contributed by atoms with Crippen molar-refractivity contribution < 1.29 is 14.7 Å². The van der Waals surface area contributed by atoms with Crippen LogP contribution in [0.15, 0.2) is 22.7 Å². The number of nitrogens with zero attached hydrogens (tertiary/aromatic N) is 1. The van der Waals surface area contributed by atoms with Crippen molar-refractivity contribution in [3.8, 4) is 0 Å². The first kappa shape index (κ1) is 14.4. The molecular weight excluding hydrogens is 401 g/mol. The van der Waals surface area contributed by atoms with Gasteiger partial charge in [0.25, 0.3) is 5.91 Å². The van der Waals surface area contributed by atoms with Gasteiger partial charge in [0.05, 0.1) is 5.56 Å². The van der Waals surface area contributed by atoms with Crippen molar-refractivity contribution in [3.63, 3.8) is 0 Å². The summed E-state index contributed by atoms with van der Waals surface area (Å²) in [6.45, 7) is 1.48. The van der Waals surface area contributed by atoms with Gasteiger partial charge in [0.15, 0.2) is 0 Å². The standard InChI is InChI=1S/C11H11BrINO3/c1-6(11(16)17)14(2)10(15)8-5-7(12)3-4-9(8)13/h3-6H,1-2H3,(H,16,17). The van der Waals surface area contributed by atoms with Gasteiger partial charge in [0.1, 0.15) is 6.04 Å². The van der Waals surface area contributed by atoms with Crippen molar-refractivity contribution in [2.24, 2.45) is 0 Å². The van der Waals surface area contributed by atoms with Crippen LogP contribution in [0.5, 0.6) is 0 Å². The first-order chi connectivity index (χ1) is 7.84. The van der Waals surface area contributed by atoms with Crippen LogP contribution in [0, 0.1) is 3.57 Å². The molecule has 0 heterocycles. The molecule has 0 fully saturated rings. The molecule has 0 bridgehead atoms. The molecule has 1 aromatic carbocycles. The number of carboxylic acid groups (broad SMARTS) is 1. The van der Waals surface area contributed by atoms with E-state index in [1.807, 2.05) is 6.07 Å². The third-order valence-corrected chi connectivity index (χ3v) is 3.85. The van der Waals surface area contributed by atoms with E-state index in [0.29, 0.717) is 5.56 Å². The number of carbonyl (C=O) groups is 2. The average molecular weight is 412 g/mol. The third-order valence-electron chi connectivity index (χ3n) is 2.42. The van der Waals surface area contributed by atoms with Crippen molar-refractivity contribution in [1.82, 2.24) is 4.90 Å². The monoisotopic (exact) mass is 411 g/mol. The molecule has 1 atom stereocenters. The Kier molecular flexibility index (Phi) is 4.93. The van der Waals surface area contributed by atoms with Crippen LogP contribution in [0.1, 0.15) is 17.3 Å². The molecule has 1 unspecified atom stereocenters. The molecule has 4 nitrogen and oxygen atoms in total. The van der Waals surface area contributed by atoms with Gasteiger partial charge in [-0.3, -0.25) is 4.79 Å². The topological polar surface area (TPSA) is 57.6 Å². The molecular formula is C11H11BrINO3. The molecule has 92 valence electrons. The van der Waals surface area contributed by atoms with Crippen LogP contribution < -0.4 is 0 Å². The molecule has 1 rings (SSSR count). The van der Waals surface area contributed by atoms with Crippen molar-refractivity contribution in [2.75, 3.05) is 7.05 Å². The van der Waals surface area contributed by atoms with Crippen LogP contribution in [0.4, 0.5) is 0 Å². The molecule has 1 N–H and O–H groups in total. The average Bonchev–Trinajstić information content (AvgIpc) is 2.29. The van der Waals surface area contributed by atoms with E-state index in [1.54, 1.807) is 12.1 Å². The maximum absolute atomic E-state index is 12.1. The smallest absolute Gasteiger partial charge is 0.326 e. The zero-order valence-corrected chi connectivity index (χ0v) is 13.0. The lowest BCUT2D eigenvalue weighted by Gasteiger charge is -2.22. The van der Waals surface area contributed by atoms with Gasteiger partial charge in [-0.15, -0.1) is 0 Å². The van der Waals surface area contributed by atoms with Gasteiger partial charge >= 0.3 is 5.97 Å². The second-order valence-electron chi connectivity index (χ2n) is 3.55. The van der Waals surface area contributed by atoms with Gasteiger partial charge in [-0.25, -0.2) is 4.79 Å². The number of hydrogen-bond donors (Lipinski definition) is 1. The molecule has 0 saturated heterocycles. The van der Waals surface area contributed by atoms with Crippen LogP contribution in [0.3, 0.4) is 0 Å². The molecule has 17 heavy (non-hydrogen) atoms. The fourth-order valence-electron chi connectivity index (χ4n) is 1.19. The van der Waals surface area contributed by atoms with Crippen molar-refractivity contribution in [3.05, 3.63) is 31.8 Å². The number of benzene rings is 1. The minimum atomic E-state index is -1.02. The SMILES string of the molecule is CC(C(=O)O)N(C)C(=O)c1cc(Br)ccc1I. The van der Waals surface area contributed by atoms with E-state index in [-0.39, 0.29) is 5.91 Å². The minimum Gasteiger partial charge on any atom is -0.480 e. The van der Waals surface area contributed by atoms with E-state index in [4.69, 9.17) is 5.11 Å². The fourth-order valence-corrected chi connectivity index (χ4v) is 2.12. The number of likely N-dealkylation sites (N-methyl/N-ethyl adjacent to an activating group) is 1. The van der Waals surface area contributed by atoms with E-state index in [9.17, 15) is 9.59 Å². The van der Waals surface area contributed by atoms with Gasteiger partial charge in [0.2, 0.25) is 0 Å². The number of amides is 1. The van der Waals surface area contributed by atoms with Gasteiger partial charge < -0.3 is 10.0 Å². The maximum Gasteiger partial charge on any atom is 0.326 e. The first-order valence-corrected chi connectivity index (χ1v) is 6.66. The highest BCUT2D eigenvalue weighted by Gasteiger charge is 2.24. The van der Waals surface area contributed by atoms with Crippen LogP contribution in [-0.2, 0) is 4.79 Å². The Bertz CT molecular complexity index is 464. The Morgan fingerprint density at radius 3 is 2.59 bits per heavy atom. The predicted molar refractivity (Wildman–Crippen MR) is 76.1 cm³/mol. The molecule has 6 heteroatoms. The quantitative estimate of drug-likeness (QED) is 0.778. The maximum atomic E-state index is 12.1. The fraction of sp³-hybridized carbons (Fsp3) is 0.273. The molecule has 0 spiro atoms. The van der Waals surface area contributed by atoms with E-state index in [2.05, 4.69) is 38.5 Å². The highest BCUT2D eigenvalue weighted by Crippen LogP contribution is 2.20. The number of hydrogen-bond acceptors (Lipinski definition) is 2. The summed E-state index contributed by atoms with van der Waals surface area (Å²) in [5.74, 6) is -1.32. The zero-order valence-electron chi connectivity index (χ0n) is 9.28. The van der Waals surface area contributed by atoms with E-state index >= 15 is 0 Å².